The number of nitrogens with zero attached hydrogens (tertiary/aromatic N) is 1. The standard InChI is InChI=1S/C13H10BF4N3O4S/c15-10-1-6-5-25-14(22)9(6)3-11(10)21-26(23,24)12-8(13(16,17)18)2-7(19)4-20-12/h1-4,21-22H,5,19H2. The maximum absolute atomic E-state index is 14.1. The third-order valence-corrected chi connectivity index (χ3v) is 4.89. The van der Waals surface area contributed by atoms with E-state index in [1.807, 2.05) is 0 Å². The summed E-state index contributed by atoms with van der Waals surface area (Å²) in [7, 11) is -6.29. The monoisotopic (exact) mass is 391 g/mol. The molecule has 0 bridgehead atoms. The van der Waals surface area contributed by atoms with E-state index in [0.717, 1.165) is 18.3 Å². The van der Waals surface area contributed by atoms with Gasteiger partial charge in [-0.3, -0.25) is 4.72 Å². The van der Waals surface area contributed by atoms with Crippen LogP contribution in [0, 0.1) is 5.82 Å². The Morgan fingerprint density at radius 3 is 2.65 bits per heavy atom. The van der Waals surface area contributed by atoms with Gasteiger partial charge in [-0.2, -0.15) is 21.6 Å². The van der Waals surface area contributed by atoms with E-state index < -0.39 is 45.4 Å². The highest BCUT2D eigenvalue weighted by molar-refractivity contribution is 7.92. The molecule has 26 heavy (non-hydrogen) atoms. The first-order chi connectivity index (χ1) is 12.0. The molecular weight excluding hydrogens is 381 g/mol. The zero-order valence-electron chi connectivity index (χ0n) is 12.7. The number of hydrogen-bond acceptors (Lipinski definition) is 6. The van der Waals surface area contributed by atoms with Gasteiger partial charge in [0, 0.05) is 0 Å². The van der Waals surface area contributed by atoms with E-state index in [4.69, 9.17) is 10.4 Å². The van der Waals surface area contributed by atoms with Crippen molar-refractivity contribution in [3.8, 4) is 0 Å². The van der Waals surface area contributed by atoms with Crippen LogP contribution < -0.4 is 15.9 Å². The van der Waals surface area contributed by atoms with Crippen LogP contribution in [0.15, 0.2) is 29.4 Å². The van der Waals surface area contributed by atoms with Crippen LogP contribution in [0.4, 0.5) is 28.9 Å². The Kier molecular flexibility index (Phi) is 4.33. The zero-order chi connectivity index (χ0) is 19.3. The van der Waals surface area contributed by atoms with Gasteiger partial charge in [0.2, 0.25) is 0 Å². The van der Waals surface area contributed by atoms with Crippen LogP contribution in [0.25, 0.3) is 0 Å². The number of rotatable bonds is 3. The Morgan fingerprint density at radius 1 is 1.31 bits per heavy atom. The van der Waals surface area contributed by atoms with Gasteiger partial charge in [-0.25, -0.2) is 9.37 Å². The number of benzene rings is 1. The number of nitrogens with two attached hydrogens (primary N) is 1. The number of nitrogen functional groups attached to an aromatic ring is 1. The molecule has 0 saturated heterocycles. The maximum atomic E-state index is 14.1. The van der Waals surface area contributed by atoms with Crippen molar-refractivity contribution in [1.82, 2.24) is 4.98 Å². The van der Waals surface area contributed by atoms with Gasteiger partial charge in [0.15, 0.2) is 5.03 Å². The van der Waals surface area contributed by atoms with Crippen molar-refractivity contribution in [3.05, 3.63) is 41.3 Å². The zero-order valence-corrected chi connectivity index (χ0v) is 13.5. The van der Waals surface area contributed by atoms with Crippen LogP contribution in [-0.2, 0) is 27.5 Å². The molecule has 0 unspecified atom stereocenters. The minimum absolute atomic E-state index is 0.0851. The summed E-state index contributed by atoms with van der Waals surface area (Å²) in [5, 5.41) is 8.25. The number of hydrogen-bond donors (Lipinski definition) is 3. The number of fused-ring (bicyclic) bond motifs is 1. The summed E-state index contributed by atoms with van der Waals surface area (Å²) in [6.07, 6.45) is -4.31. The van der Waals surface area contributed by atoms with Crippen molar-refractivity contribution in [1.29, 1.82) is 0 Å². The number of pyridine rings is 1. The van der Waals surface area contributed by atoms with Gasteiger partial charge in [-0.05, 0) is 29.2 Å². The first-order valence-corrected chi connectivity index (χ1v) is 8.45. The molecule has 0 saturated carbocycles. The van der Waals surface area contributed by atoms with Gasteiger partial charge in [-0.1, -0.05) is 0 Å². The summed E-state index contributed by atoms with van der Waals surface area (Å²) in [6, 6.07) is 2.28. The first kappa shape index (κ1) is 18.4. The Morgan fingerprint density at radius 2 is 2.00 bits per heavy atom. The topological polar surface area (TPSA) is 115 Å². The number of sulfonamides is 1. The lowest BCUT2D eigenvalue weighted by Crippen LogP contribution is -2.29. The fourth-order valence-corrected chi connectivity index (χ4v) is 3.60. The Labute approximate surface area is 145 Å². The summed E-state index contributed by atoms with van der Waals surface area (Å²) < 4.78 is 84.6. The lowest BCUT2D eigenvalue weighted by molar-refractivity contribution is -0.140. The van der Waals surface area contributed by atoms with Crippen LogP contribution in [-0.4, -0.2) is 25.5 Å². The number of nitrogens with one attached hydrogen (secondary N) is 1. The third kappa shape index (κ3) is 3.32. The summed E-state index contributed by atoms with van der Waals surface area (Å²) >= 11 is 0. The van der Waals surface area contributed by atoms with Crippen molar-refractivity contribution < 1.29 is 35.7 Å². The average molecular weight is 391 g/mol. The maximum Gasteiger partial charge on any atom is 0.491 e. The van der Waals surface area contributed by atoms with Gasteiger partial charge in [-0.15, -0.1) is 0 Å². The van der Waals surface area contributed by atoms with Crippen molar-refractivity contribution >= 4 is 34.0 Å². The second kappa shape index (κ2) is 6.11. The summed E-state index contributed by atoms with van der Waals surface area (Å²) in [6.45, 7) is -0.0851. The van der Waals surface area contributed by atoms with Crippen LogP contribution in [0.1, 0.15) is 11.1 Å². The van der Waals surface area contributed by atoms with E-state index in [2.05, 4.69) is 4.98 Å². The normalized spacial score (nSPS) is 14.4. The molecule has 0 amide bonds. The summed E-state index contributed by atoms with van der Waals surface area (Å²) in [4.78, 5) is 3.24. The van der Waals surface area contributed by atoms with Crippen molar-refractivity contribution in [3.63, 3.8) is 0 Å². The molecule has 0 atom stereocenters. The number of aromatic nitrogens is 1. The highest BCUT2D eigenvalue weighted by Gasteiger charge is 2.39. The number of anilines is 2. The average Bonchev–Trinajstić information content (AvgIpc) is 2.87. The molecule has 1 aromatic carbocycles. The second-order valence-corrected chi connectivity index (χ2v) is 7.02. The number of alkyl halides is 3. The van der Waals surface area contributed by atoms with Gasteiger partial charge in [0.1, 0.15) is 5.82 Å². The fourth-order valence-electron chi connectivity index (χ4n) is 2.40. The number of halogens is 4. The first-order valence-electron chi connectivity index (χ1n) is 6.96. The molecule has 1 aromatic heterocycles. The molecule has 2 heterocycles. The highest BCUT2D eigenvalue weighted by Crippen LogP contribution is 2.35. The molecule has 138 valence electrons. The molecule has 1 aliphatic heterocycles. The second-order valence-electron chi connectivity index (χ2n) is 5.42. The molecule has 0 fully saturated rings. The van der Waals surface area contributed by atoms with Gasteiger partial charge in [0.25, 0.3) is 10.0 Å². The van der Waals surface area contributed by atoms with Gasteiger partial charge < -0.3 is 15.4 Å². The van der Waals surface area contributed by atoms with Gasteiger partial charge in [0.05, 0.1) is 29.7 Å². The van der Waals surface area contributed by atoms with Gasteiger partial charge >= 0.3 is 13.3 Å². The lowest BCUT2D eigenvalue weighted by Gasteiger charge is -2.15. The van der Waals surface area contributed by atoms with Crippen molar-refractivity contribution in [2.45, 2.75) is 17.8 Å². The molecule has 4 N–H and O–H groups in total. The third-order valence-electron chi connectivity index (χ3n) is 3.57. The molecule has 0 radical (unpaired) electrons. The molecule has 0 aliphatic carbocycles. The molecule has 3 rings (SSSR count). The molecular formula is C13H10BF4N3O4S. The fraction of sp³-hybridized carbons (Fsp3) is 0.154. The molecule has 13 heteroatoms. The predicted molar refractivity (Wildman–Crippen MR) is 83.3 cm³/mol. The van der Waals surface area contributed by atoms with E-state index >= 15 is 0 Å². The highest BCUT2D eigenvalue weighted by atomic mass is 32.2. The SMILES string of the molecule is Nc1cnc(S(=O)(=O)Nc2cc3c(cc2F)COB3O)c(C(F)(F)F)c1. The molecule has 1 aliphatic rings. The van der Waals surface area contributed by atoms with E-state index in [1.165, 1.54) is 0 Å². The predicted octanol–water partition coefficient (Wildman–Crippen LogP) is 0.840. The Bertz CT molecular complexity index is 984. The van der Waals surface area contributed by atoms with Crippen LogP contribution >= 0.6 is 0 Å². The molecule has 0 spiro atoms. The molecule has 7 nitrogen and oxygen atoms in total. The lowest BCUT2D eigenvalue weighted by atomic mass is 9.79. The quantitative estimate of drug-likeness (QED) is 0.528. The Balaban J connectivity index is 2.05. The summed E-state index contributed by atoms with van der Waals surface area (Å²) in [5.41, 5.74) is 3.01. The van der Waals surface area contributed by atoms with Crippen LogP contribution in [0.5, 0.6) is 0 Å². The van der Waals surface area contributed by atoms with E-state index in [1.54, 1.807) is 4.72 Å². The Hall–Kier alpha value is -2.38. The van der Waals surface area contributed by atoms with Crippen molar-refractivity contribution in [2.24, 2.45) is 0 Å². The molecule has 2 aromatic rings. The van der Waals surface area contributed by atoms with Crippen LogP contribution in [0.2, 0.25) is 0 Å². The van der Waals surface area contributed by atoms with E-state index in [-0.39, 0.29) is 17.8 Å². The smallest absolute Gasteiger partial charge is 0.423 e. The van der Waals surface area contributed by atoms with Crippen molar-refractivity contribution in [2.75, 3.05) is 10.5 Å². The summed E-state index contributed by atoms with van der Waals surface area (Å²) in [5.74, 6) is -1.05. The largest absolute Gasteiger partial charge is 0.491 e. The minimum atomic E-state index is -5.05. The van der Waals surface area contributed by atoms with Crippen LogP contribution in [0.3, 0.4) is 0 Å². The van der Waals surface area contributed by atoms with E-state index in [9.17, 15) is 31.0 Å². The minimum Gasteiger partial charge on any atom is -0.423 e. The van der Waals surface area contributed by atoms with E-state index in [0.29, 0.717) is 11.6 Å².